The van der Waals surface area contributed by atoms with Gasteiger partial charge in [0, 0.05) is 5.39 Å². The number of hydrogen-bond donors (Lipinski definition) is 2. The summed E-state index contributed by atoms with van der Waals surface area (Å²) < 4.78 is 59.3. The molecule has 1 aromatic heterocycles. The Balaban J connectivity index is 1.64. The van der Waals surface area contributed by atoms with Gasteiger partial charge in [-0.25, -0.2) is 17.6 Å². The average Bonchev–Trinajstić information content (AvgIpc) is 3.17. The van der Waals surface area contributed by atoms with Gasteiger partial charge in [0.1, 0.15) is 5.75 Å². The number of nitrogens with zero attached hydrogens (tertiary/aromatic N) is 1. The molecule has 1 heterocycles. The zero-order valence-electron chi connectivity index (χ0n) is 16.1. The fourth-order valence-corrected chi connectivity index (χ4v) is 3.14. The number of fused-ring (bicyclic) bond motifs is 1. The number of rotatable bonds is 5. The first-order valence-electron chi connectivity index (χ1n) is 9.24. The Kier molecular flexibility index (Phi) is 5.33. The van der Waals surface area contributed by atoms with Crippen LogP contribution in [0, 0.1) is 23.3 Å². The van der Waals surface area contributed by atoms with E-state index in [1.54, 1.807) is 18.2 Å². The van der Waals surface area contributed by atoms with Crippen molar-refractivity contribution in [1.29, 1.82) is 0 Å². The first-order valence-corrected chi connectivity index (χ1v) is 9.24. The van der Waals surface area contributed by atoms with Gasteiger partial charge in [0.15, 0.2) is 29.1 Å². The molecule has 0 saturated heterocycles. The van der Waals surface area contributed by atoms with Crippen molar-refractivity contribution in [3.8, 4) is 16.9 Å². The van der Waals surface area contributed by atoms with E-state index < -0.39 is 34.7 Å². The van der Waals surface area contributed by atoms with Gasteiger partial charge in [-0.2, -0.15) is 5.10 Å². The van der Waals surface area contributed by atoms with Crippen LogP contribution in [0.3, 0.4) is 0 Å². The minimum Gasteiger partial charge on any atom is -0.494 e. The van der Waals surface area contributed by atoms with Crippen LogP contribution in [0.5, 0.6) is 5.75 Å². The van der Waals surface area contributed by atoms with Crippen LogP contribution in [0.1, 0.15) is 17.3 Å². The Hall–Kier alpha value is -3.88. The van der Waals surface area contributed by atoms with Crippen LogP contribution in [0.2, 0.25) is 0 Å². The van der Waals surface area contributed by atoms with E-state index in [1.807, 2.05) is 31.2 Å². The van der Waals surface area contributed by atoms with Crippen molar-refractivity contribution < 1.29 is 27.1 Å². The molecule has 0 saturated carbocycles. The molecular weight excluding hydrogens is 414 g/mol. The van der Waals surface area contributed by atoms with E-state index >= 15 is 0 Å². The van der Waals surface area contributed by atoms with E-state index in [9.17, 15) is 22.4 Å². The summed E-state index contributed by atoms with van der Waals surface area (Å²) in [5.41, 5.74) is 1.33. The van der Waals surface area contributed by atoms with Gasteiger partial charge in [-0.1, -0.05) is 18.2 Å². The molecule has 4 rings (SSSR count). The second-order valence-electron chi connectivity index (χ2n) is 6.60. The molecule has 0 aliphatic heterocycles. The first kappa shape index (κ1) is 20.4. The second kappa shape index (κ2) is 8.10. The second-order valence-corrected chi connectivity index (χ2v) is 6.60. The smallest absolute Gasteiger partial charge is 0.260 e. The Morgan fingerprint density at radius 1 is 1.00 bits per heavy atom. The maximum atomic E-state index is 13.9. The number of aromatic amines is 1. The van der Waals surface area contributed by atoms with Crippen molar-refractivity contribution >= 4 is 22.6 Å². The highest BCUT2D eigenvalue weighted by molar-refractivity contribution is 6.08. The number of carbonyl (C=O) groups is 1. The molecule has 0 spiro atoms. The quantitative estimate of drug-likeness (QED) is 0.252. The van der Waals surface area contributed by atoms with Gasteiger partial charge in [0.05, 0.1) is 17.7 Å². The lowest BCUT2D eigenvalue weighted by Crippen LogP contribution is -2.16. The van der Waals surface area contributed by atoms with Gasteiger partial charge in [0.25, 0.3) is 5.91 Å². The number of amides is 1. The summed E-state index contributed by atoms with van der Waals surface area (Å²) in [6.07, 6.45) is 0. The molecule has 9 heteroatoms. The van der Waals surface area contributed by atoms with Gasteiger partial charge >= 0.3 is 0 Å². The maximum Gasteiger partial charge on any atom is 0.260 e. The molecule has 2 N–H and O–H groups in total. The highest BCUT2D eigenvalue weighted by atomic mass is 19.2. The summed E-state index contributed by atoms with van der Waals surface area (Å²) in [4.78, 5) is 12.3. The molecule has 158 valence electrons. The van der Waals surface area contributed by atoms with Gasteiger partial charge in [-0.05, 0) is 48.4 Å². The molecular formula is C22H15F4N3O2. The molecule has 0 atom stereocenters. The number of ether oxygens (including phenoxy) is 1. The average molecular weight is 429 g/mol. The molecule has 3 aromatic carbocycles. The first-order chi connectivity index (χ1) is 14.9. The summed E-state index contributed by atoms with van der Waals surface area (Å²) in [6.45, 7) is 2.42. The molecule has 0 bridgehead atoms. The molecule has 4 aromatic rings. The van der Waals surface area contributed by atoms with Crippen LogP contribution in [0.15, 0.2) is 48.5 Å². The standard InChI is InChI=1S/C22H15F4N3O2/c1-2-31-13-5-3-4-11(8-13)12-6-7-14-17(9-12)28-29-21(14)27-22(30)15-10-16(23)19(25)20(26)18(15)24/h3-10H,2H2,1H3,(H2,27,28,29,30). The van der Waals surface area contributed by atoms with Crippen LogP contribution in [0.4, 0.5) is 23.4 Å². The SMILES string of the molecule is CCOc1cccc(-c2ccc3c(NC(=O)c4cc(F)c(F)c(F)c4F)n[nH]c3c2)c1. The summed E-state index contributed by atoms with van der Waals surface area (Å²) in [5.74, 6) is -7.92. The predicted molar refractivity (Wildman–Crippen MR) is 107 cm³/mol. The lowest BCUT2D eigenvalue weighted by atomic mass is 10.0. The van der Waals surface area contributed by atoms with Gasteiger partial charge in [-0.15, -0.1) is 0 Å². The molecule has 0 fully saturated rings. The van der Waals surface area contributed by atoms with Crippen LogP contribution in [0.25, 0.3) is 22.0 Å². The summed E-state index contributed by atoms with van der Waals surface area (Å²) in [6, 6.07) is 13.0. The van der Waals surface area contributed by atoms with Crippen LogP contribution >= 0.6 is 0 Å². The van der Waals surface area contributed by atoms with Crippen molar-refractivity contribution in [2.24, 2.45) is 0 Å². The van der Waals surface area contributed by atoms with Gasteiger partial charge < -0.3 is 10.1 Å². The molecule has 0 unspecified atom stereocenters. The van der Waals surface area contributed by atoms with Crippen molar-refractivity contribution in [3.05, 3.63) is 77.4 Å². The Morgan fingerprint density at radius 2 is 1.77 bits per heavy atom. The highest BCUT2D eigenvalue weighted by Crippen LogP contribution is 2.29. The minimum absolute atomic E-state index is 0.0270. The number of benzene rings is 3. The molecule has 0 aliphatic rings. The Bertz CT molecular complexity index is 1300. The molecule has 0 radical (unpaired) electrons. The number of anilines is 1. The summed E-state index contributed by atoms with van der Waals surface area (Å²) in [7, 11) is 0. The largest absolute Gasteiger partial charge is 0.494 e. The third kappa shape index (κ3) is 3.81. The number of nitrogens with one attached hydrogen (secondary N) is 2. The molecule has 5 nitrogen and oxygen atoms in total. The van der Waals surface area contributed by atoms with Gasteiger partial charge in [-0.3, -0.25) is 9.89 Å². The van der Waals surface area contributed by atoms with Crippen LogP contribution in [-0.2, 0) is 0 Å². The predicted octanol–water partition coefficient (Wildman–Crippen LogP) is 5.44. The normalized spacial score (nSPS) is 11.0. The van der Waals surface area contributed by atoms with E-state index in [1.165, 1.54) is 0 Å². The number of hydrogen-bond acceptors (Lipinski definition) is 3. The minimum atomic E-state index is -2.06. The van der Waals surface area contributed by atoms with Crippen molar-refractivity contribution in [2.45, 2.75) is 6.92 Å². The number of halogens is 4. The van der Waals surface area contributed by atoms with Crippen molar-refractivity contribution in [2.75, 3.05) is 11.9 Å². The van der Waals surface area contributed by atoms with E-state index in [2.05, 4.69) is 15.5 Å². The monoisotopic (exact) mass is 429 g/mol. The number of aromatic nitrogens is 2. The molecule has 31 heavy (non-hydrogen) atoms. The third-order valence-electron chi connectivity index (χ3n) is 4.62. The van der Waals surface area contributed by atoms with E-state index in [0.29, 0.717) is 23.6 Å². The molecule has 1 amide bonds. The van der Waals surface area contributed by atoms with E-state index in [4.69, 9.17) is 4.74 Å². The number of H-pyrrole nitrogens is 1. The summed E-state index contributed by atoms with van der Waals surface area (Å²) in [5, 5.41) is 9.48. The topological polar surface area (TPSA) is 67.0 Å². The Labute approximate surface area is 173 Å². The van der Waals surface area contributed by atoms with Crippen molar-refractivity contribution in [1.82, 2.24) is 10.2 Å². The molecule has 0 aliphatic carbocycles. The van der Waals surface area contributed by atoms with E-state index in [0.717, 1.165) is 16.9 Å². The maximum absolute atomic E-state index is 13.9. The van der Waals surface area contributed by atoms with E-state index in [-0.39, 0.29) is 5.82 Å². The third-order valence-corrected chi connectivity index (χ3v) is 4.62. The zero-order chi connectivity index (χ0) is 22.1. The zero-order valence-corrected chi connectivity index (χ0v) is 16.1. The van der Waals surface area contributed by atoms with Crippen molar-refractivity contribution in [3.63, 3.8) is 0 Å². The Morgan fingerprint density at radius 3 is 2.55 bits per heavy atom. The fraction of sp³-hybridized carbons (Fsp3) is 0.0909. The number of carbonyl (C=O) groups excluding carboxylic acids is 1. The van der Waals surface area contributed by atoms with Gasteiger partial charge in [0.2, 0.25) is 0 Å². The fourth-order valence-electron chi connectivity index (χ4n) is 3.14. The highest BCUT2D eigenvalue weighted by Gasteiger charge is 2.24. The summed E-state index contributed by atoms with van der Waals surface area (Å²) >= 11 is 0. The lowest BCUT2D eigenvalue weighted by molar-refractivity contribution is 0.102. The lowest BCUT2D eigenvalue weighted by Gasteiger charge is -2.07. The van der Waals surface area contributed by atoms with Crippen LogP contribution in [-0.4, -0.2) is 22.7 Å². The van der Waals surface area contributed by atoms with Crippen LogP contribution < -0.4 is 10.1 Å².